The molecule has 0 unspecified atom stereocenters. The first-order valence-corrected chi connectivity index (χ1v) is 11.2. The van der Waals surface area contributed by atoms with Crippen LogP contribution in [-0.4, -0.2) is 33.8 Å². The van der Waals surface area contributed by atoms with Gasteiger partial charge in [-0.1, -0.05) is 56.9 Å². The van der Waals surface area contributed by atoms with Crippen LogP contribution >= 0.6 is 0 Å². The van der Waals surface area contributed by atoms with Crippen LogP contribution in [0.1, 0.15) is 79.3 Å². The molecule has 5 nitrogen and oxygen atoms in total. The zero-order chi connectivity index (χ0) is 21.1. The van der Waals surface area contributed by atoms with E-state index in [0.29, 0.717) is 17.9 Å². The topological polar surface area (TPSA) is 62.3 Å². The standard InChI is InChI=1S/C25H31N3O2/c1-3-4-17-28-24(30)20-13-7-6-12-19(20)21(25(28)14-8-5-9-15-25)23(29)27-22-18(2)11-10-16-26-22/h6-7,10-13,16,21H,3-5,8-9,14-15,17H2,1-2H3,(H,26,27,29)/t21-/m1/s1. The lowest BCUT2D eigenvalue weighted by atomic mass is 9.65. The summed E-state index contributed by atoms with van der Waals surface area (Å²) in [4.78, 5) is 33.8. The molecule has 0 radical (unpaired) electrons. The van der Waals surface area contributed by atoms with Crippen LogP contribution in [0.25, 0.3) is 0 Å². The van der Waals surface area contributed by atoms with Crippen LogP contribution in [-0.2, 0) is 4.79 Å². The lowest BCUT2D eigenvalue weighted by Crippen LogP contribution is -2.62. The lowest BCUT2D eigenvalue weighted by Gasteiger charge is -2.53. The van der Waals surface area contributed by atoms with Crippen LogP contribution in [0.5, 0.6) is 0 Å². The summed E-state index contributed by atoms with van der Waals surface area (Å²) in [6, 6.07) is 11.5. The van der Waals surface area contributed by atoms with Gasteiger partial charge in [0.25, 0.3) is 5.91 Å². The number of aromatic nitrogens is 1. The second-order valence-corrected chi connectivity index (χ2v) is 8.65. The summed E-state index contributed by atoms with van der Waals surface area (Å²) in [6.45, 7) is 4.80. The largest absolute Gasteiger partial charge is 0.332 e. The van der Waals surface area contributed by atoms with Gasteiger partial charge in [0.05, 0.1) is 11.5 Å². The fourth-order valence-electron chi connectivity index (χ4n) is 5.29. The third-order valence-electron chi connectivity index (χ3n) is 6.79. The Hall–Kier alpha value is -2.69. The predicted molar refractivity (Wildman–Crippen MR) is 119 cm³/mol. The van der Waals surface area contributed by atoms with Crippen molar-refractivity contribution < 1.29 is 9.59 Å². The van der Waals surface area contributed by atoms with Gasteiger partial charge < -0.3 is 10.2 Å². The number of amides is 2. The quantitative estimate of drug-likeness (QED) is 0.755. The Kier molecular flexibility index (Phi) is 5.89. The number of fused-ring (bicyclic) bond motifs is 1. The van der Waals surface area contributed by atoms with Gasteiger partial charge in [0, 0.05) is 18.3 Å². The van der Waals surface area contributed by atoms with Crippen LogP contribution in [0.4, 0.5) is 5.82 Å². The van der Waals surface area contributed by atoms with Gasteiger partial charge in [-0.05, 0) is 49.4 Å². The van der Waals surface area contributed by atoms with Gasteiger partial charge in [0.15, 0.2) is 0 Å². The number of rotatable bonds is 5. The highest BCUT2D eigenvalue weighted by Crippen LogP contribution is 2.49. The van der Waals surface area contributed by atoms with Gasteiger partial charge in [-0.25, -0.2) is 4.98 Å². The van der Waals surface area contributed by atoms with Gasteiger partial charge in [0.1, 0.15) is 5.82 Å². The molecule has 1 atom stereocenters. The van der Waals surface area contributed by atoms with Crippen LogP contribution < -0.4 is 5.32 Å². The van der Waals surface area contributed by atoms with E-state index < -0.39 is 5.54 Å². The average molecular weight is 406 g/mol. The molecule has 1 aliphatic heterocycles. The van der Waals surface area contributed by atoms with E-state index in [1.54, 1.807) is 6.20 Å². The number of carbonyl (C=O) groups excluding carboxylic acids is 2. The molecule has 2 aromatic rings. The smallest absolute Gasteiger partial charge is 0.254 e. The molecule has 4 rings (SSSR count). The van der Waals surface area contributed by atoms with Gasteiger partial charge >= 0.3 is 0 Å². The number of aryl methyl sites for hydroxylation is 1. The Morgan fingerprint density at radius 1 is 1.17 bits per heavy atom. The molecule has 2 heterocycles. The minimum atomic E-state index is -0.453. The average Bonchev–Trinajstić information content (AvgIpc) is 2.76. The van der Waals surface area contributed by atoms with Crippen molar-refractivity contribution in [1.29, 1.82) is 0 Å². The predicted octanol–water partition coefficient (Wildman–Crippen LogP) is 5.07. The first-order chi connectivity index (χ1) is 14.6. The molecule has 5 heteroatoms. The molecule has 2 aliphatic rings. The molecule has 1 saturated carbocycles. The second kappa shape index (κ2) is 8.58. The maximum Gasteiger partial charge on any atom is 0.254 e. The van der Waals surface area contributed by atoms with Crippen molar-refractivity contribution in [3.63, 3.8) is 0 Å². The molecular weight excluding hydrogens is 374 g/mol. The Balaban J connectivity index is 1.81. The fraction of sp³-hybridized carbons (Fsp3) is 0.480. The summed E-state index contributed by atoms with van der Waals surface area (Å²) in [5.74, 6) is 0.243. The monoisotopic (exact) mass is 405 g/mol. The Bertz CT molecular complexity index is 933. The van der Waals surface area contributed by atoms with Crippen molar-refractivity contribution in [2.45, 2.75) is 70.3 Å². The van der Waals surface area contributed by atoms with Crippen molar-refractivity contribution in [1.82, 2.24) is 9.88 Å². The molecule has 1 aromatic carbocycles. The third-order valence-corrected chi connectivity index (χ3v) is 6.79. The normalized spacial score (nSPS) is 20.1. The summed E-state index contributed by atoms with van der Waals surface area (Å²) in [7, 11) is 0. The molecule has 1 aliphatic carbocycles. The maximum absolute atomic E-state index is 13.8. The molecule has 1 N–H and O–H groups in total. The second-order valence-electron chi connectivity index (χ2n) is 8.65. The van der Waals surface area contributed by atoms with Crippen LogP contribution in [0.15, 0.2) is 42.6 Å². The van der Waals surface area contributed by atoms with Crippen molar-refractivity contribution in [3.8, 4) is 0 Å². The van der Waals surface area contributed by atoms with Gasteiger partial charge in [-0.3, -0.25) is 9.59 Å². The lowest BCUT2D eigenvalue weighted by molar-refractivity contribution is -0.122. The van der Waals surface area contributed by atoms with Crippen LogP contribution in [0.3, 0.4) is 0 Å². The highest BCUT2D eigenvalue weighted by atomic mass is 16.2. The SMILES string of the molecule is CCCCN1C(=O)c2ccccc2[C@H](C(=O)Nc2ncccc2C)C12CCCCC2. The van der Waals surface area contributed by atoms with Crippen molar-refractivity contribution in [3.05, 3.63) is 59.3 Å². The summed E-state index contributed by atoms with van der Waals surface area (Å²) >= 11 is 0. The van der Waals surface area contributed by atoms with Gasteiger partial charge in [-0.15, -0.1) is 0 Å². The number of pyridine rings is 1. The Morgan fingerprint density at radius 2 is 1.93 bits per heavy atom. The summed E-state index contributed by atoms with van der Waals surface area (Å²) in [5, 5.41) is 3.10. The number of nitrogens with zero attached hydrogens (tertiary/aromatic N) is 2. The number of nitrogens with one attached hydrogen (secondary N) is 1. The van der Waals surface area contributed by atoms with Crippen LogP contribution in [0, 0.1) is 6.92 Å². The van der Waals surface area contributed by atoms with Crippen molar-refractivity contribution >= 4 is 17.6 Å². The molecule has 0 bridgehead atoms. The van der Waals surface area contributed by atoms with E-state index in [9.17, 15) is 9.59 Å². The number of carbonyl (C=O) groups is 2. The maximum atomic E-state index is 13.8. The van der Waals surface area contributed by atoms with E-state index >= 15 is 0 Å². The van der Waals surface area contributed by atoms with E-state index in [1.165, 1.54) is 0 Å². The molecule has 1 fully saturated rings. The summed E-state index contributed by atoms with van der Waals surface area (Å²) < 4.78 is 0. The first-order valence-electron chi connectivity index (χ1n) is 11.2. The Labute approximate surface area is 178 Å². The van der Waals surface area contributed by atoms with E-state index in [0.717, 1.165) is 56.1 Å². The Morgan fingerprint density at radius 3 is 2.67 bits per heavy atom. The first kappa shape index (κ1) is 20.6. The van der Waals surface area contributed by atoms with E-state index in [-0.39, 0.29) is 17.7 Å². The number of unbranched alkanes of at least 4 members (excludes halogenated alkanes) is 1. The molecule has 0 saturated heterocycles. The van der Waals surface area contributed by atoms with Crippen LogP contribution in [0.2, 0.25) is 0 Å². The zero-order valence-electron chi connectivity index (χ0n) is 18.0. The third kappa shape index (κ3) is 3.51. The molecule has 2 amide bonds. The number of hydrogen-bond acceptors (Lipinski definition) is 3. The molecular formula is C25H31N3O2. The number of anilines is 1. The summed E-state index contributed by atoms with van der Waals surface area (Å²) in [6.07, 6.45) is 8.66. The zero-order valence-corrected chi connectivity index (χ0v) is 18.0. The van der Waals surface area contributed by atoms with E-state index in [1.807, 2.05) is 48.2 Å². The van der Waals surface area contributed by atoms with Gasteiger partial charge in [-0.2, -0.15) is 0 Å². The fourth-order valence-corrected chi connectivity index (χ4v) is 5.29. The summed E-state index contributed by atoms with van der Waals surface area (Å²) in [5.41, 5.74) is 2.02. The number of benzene rings is 1. The van der Waals surface area contributed by atoms with Crippen molar-refractivity contribution in [2.75, 3.05) is 11.9 Å². The molecule has 1 spiro atoms. The molecule has 30 heavy (non-hydrogen) atoms. The van der Waals surface area contributed by atoms with Gasteiger partial charge in [0.2, 0.25) is 5.91 Å². The minimum absolute atomic E-state index is 0.0554. The van der Waals surface area contributed by atoms with Crippen molar-refractivity contribution in [2.24, 2.45) is 0 Å². The molecule has 158 valence electrons. The van der Waals surface area contributed by atoms with E-state index in [4.69, 9.17) is 0 Å². The van der Waals surface area contributed by atoms with E-state index in [2.05, 4.69) is 17.2 Å². The highest BCUT2D eigenvalue weighted by Gasteiger charge is 2.54. The minimum Gasteiger partial charge on any atom is -0.332 e. The highest BCUT2D eigenvalue weighted by molar-refractivity contribution is 6.05. The molecule has 1 aromatic heterocycles. The number of hydrogen-bond donors (Lipinski definition) is 1.